The Morgan fingerprint density at radius 1 is 0.879 bits per heavy atom. The number of ketones is 3. The van der Waals surface area contributed by atoms with Crippen molar-refractivity contribution in [2.45, 2.75) is 186 Å². The number of aliphatic hydroxyl groups is 3. The molecule has 0 aromatic carbocycles. The Morgan fingerprint density at radius 2 is 1.59 bits per heavy atom. The number of Topliss-reactive ketones (excluding diaryl/α,β-unsaturated/α-hetero) is 3. The Bertz CT molecular complexity index is 1810. The number of rotatable bonds is 6. The van der Waals surface area contributed by atoms with Gasteiger partial charge in [0.1, 0.15) is 17.7 Å². The predicted octanol–water partition coefficient (Wildman–Crippen LogP) is 6.57. The van der Waals surface area contributed by atoms with Crippen LogP contribution in [0.3, 0.4) is 0 Å². The minimum atomic E-state index is -2.45. The van der Waals surface area contributed by atoms with Crippen LogP contribution in [-0.2, 0) is 47.7 Å². The van der Waals surface area contributed by atoms with E-state index in [9.17, 15) is 39.3 Å². The molecule has 4 aliphatic rings. The molecule has 3 aliphatic heterocycles. The third-order valence-electron chi connectivity index (χ3n) is 15.0. The second-order valence-corrected chi connectivity index (χ2v) is 20.2. The molecule has 4 rings (SSSR count). The fourth-order valence-electron chi connectivity index (χ4n) is 10.4. The maximum atomic E-state index is 14.7. The molecule has 3 heterocycles. The second-order valence-electron chi connectivity index (χ2n) is 20.2. The number of aliphatic hydroxyl groups excluding tert-OH is 2. The molecule has 14 heteroatoms. The van der Waals surface area contributed by atoms with Crippen LogP contribution in [0.25, 0.3) is 0 Å². The number of methoxy groups -OCH3 is 3. The molecule has 15 atom stereocenters. The predicted molar refractivity (Wildman–Crippen MR) is 250 cm³/mol. The van der Waals surface area contributed by atoms with Crippen LogP contribution in [0.5, 0.6) is 0 Å². The van der Waals surface area contributed by atoms with E-state index in [1.54, 1.807) is 48.0 Å². The summed E-state index contributed by atoms with van der Waals surface area (Å²) in [5, 5.41) is 34.0. The maximum Gasteiger partial charge on any atom is 0.332 e. The van der Waals surface area contributed by atoms with Gasteiger partial charge in [-0.3, -0.25) is 19.2 Å². The first-order chi connectivity index (χ1) is 31.1. The molecule has 3 N–H and O–H groups in total. The first kappa shape index (κ1) is 55.2. The minimum absolute atomic E-state index is 0.0198. The molecule has 1 saturated carbocycles. The van der Waals surface area contributed by atoms with Gasteiger partial charge >= 0.3 is 5.97 Å². The second kappa shape index (κ2) is 24.8. The van der Waals surface area contributed by atoms with Gasteiger partial charge in [-0.25, -0.2) is 4.79 Å². The van der Waals surface area contributed by atoms with Crippen LogP contribution in [0.1, 0.15) is 132 Å². The zero-order valence-corrected chi connectivity index (χ0v) is 41.5. The van der Waals surface area contributed by atoms with Crippen LogP contribution in [0.2, 0.25) is 0 Å². The Morgan fingerprint density at radius 3 is 2.26 bits per heavy atom. The molecule has 2 saturated heterocycles. The number of carbonyl (C=O) groups is 5. The van der Waals surface area contributed by atoms with Crippen LogP contribution in [0, 0.1) is 35.5 Å². The van der Waals surface area contributed by atoms with Crippen molar-refractivity contribution in [1.82, 2.24) is 4.90 Å². The first-order valence-electron chi connectivity index (χ1n) is 24.3. The molecule has 0 spiro atoms. The SMILES string of the molecule is CO[C@H]1CC2CC[C@@H](C)[C@@](O)(O2)C(=O)C(=O)N2CCCC[C@@]2(C)C(=O)O[C@H]([C@H](C)C[C@@H]2CC[C@@H](O)[C@H](OC)C2)CC(=O)C(C)=CC(C)[C@@H](O)[C@@H](OC)C(=O)[C@H](C)C[C@H](C)C=CC=CC=C1C. The van der Waals surface area contributed by atoms with Crippen LogP contribution in [-0.4, -0.2) is 131 Å². The molecule has 66 heavy (non-hydrogen) atoms. The monoisotopic (exact) mass is 928 g/mol. The maximum absolute atomic E-state index is 14.7. The lowest BCUT2D eigenvalue weighted by atomic mass is 9.78. The van der Waals surface area contributed by atoms with Crippen molar-refractivity contribution in [3.8, 4) is 0 Å². The summed E-state index contributed by atoms with van der Waals surface area (Å²) < 4.78 is 29.5. The Labute approximate surface area is 393 Å². The van der Waals surface area contributed by atoms with Crippen LogP contribution in [0.15, 0.2) is 47.6 Å². The zero-order valence-electron chi connectivity index (χ0n) is 41.5. The van der Waals surface area contributed by atoms with Gasteiger partial charge in [0.2, 0.25) is 5.79 Å². The fraction of sp³-hybridized carbons (Fsp3) is 0.750. The minimum Gasteiger partial charge on any atom is -0.460 e. The summed E-state index contributed by atoms with van der Waals surface area (Å²) >= 11 is 0. The molecule has 1 amide bonds. The summed E-state index contributed by atoms with van der Waals surface area (Å²) in [6, 6.07) is 0. The van der Waals surface area contributed by atoms with Crippen LogP contribution >= 0.6 is 0 Å². The van der Waals surface area contributed by atoms with Crippen molar-refractivity contribution < 1.29 is 63.0 Å². The number of cyclic esters (lactones) is 1. The van der Waals surface area contributed by atoms with Gasteiger partial charge in [-0.15, -0.1) is 0 Å². The number of esters is 1. The van der Waals surface area contributed by atoms with Gasteiger partial charge in [-0.1, -0.05) is 71.1 Å². The number of piperidine rings is 1. The van der Waals surface area contributed by atoms with E-state index in [-0.39, 0.29) is 54.8 Å². The number of carbonyl (C=O) groups excluding carboxylic acids is 5. The van der Waals surface area contributed by atoms with Crippen LogP contribution in [0.4, 0.5) is 0 Å². The number of hydrogen-bond acceptors (Lipinski definition) is 13. The van der Waals surface area contributed by atoms with E-state index in [0.29, 0.717) is 69.8 Å². The van der Waals surface area contributed by atoms with E-state index in [1.165, 1.54) is 12.0 Å². The topological polar surface area (TPSA) is 195 Å². The van der Waals surface area contributed by atoms with Gasteiger partial charge in [-0.05, 0) is 114 Å². The molecule has 372 valence electrons. The summed E-state index contributed by atoms with van der Waals surface area (Å²) in [7, 11) is 4.53. The van der Waals surface area contributed by atoms with Gasteiger partial charge in [-0.2, -0.15) is 0 Å². The van der Waals surface area contributed by atoms with E-state index >= 15 is 0 Å². The molecule has 0 radical (unpaired) electrons. The molecule has 0 aromatic rings. The van der Waals surface area contributed by atoms with E-state index in [0.717, 1.165) is 5.57 Å². The Balaban J connectivity index is 1.73. The first-order valence-corrected chi connectivity index (χ1v) is 24.3. The summed E-state index contributed by atoms with van der Waals surface area (Å²) in [5.74, 6) is -8.04. The normalized spacial score (nSPS) is 38.6. The van der Waals surface area contributed by atoms with Gasteiger partial charge in [0.05, 0.1) is 30.5 Å². The lowest BCUT2D eigenvalue weighted by Gasteiger charge is -2.46. The number of allylic oxidation sites excluding steroid dienone is 6. The van der Waals surface area contributed by atoms with Gasteiger partial charge in [0.25, 0.3) is 11.7 Å². The van der Waals surface area contributed by atoms with Gasteiger partial charge in [0, 0.05) is 58.5 Å². The molecular formula is C52H81NO13. The lowest BCUT2D eigenvalue weighted by Crippen LogP contribution is -2.64. The highest BCUT2D eigenvalue weighted by atomic mass is 16.6. The number of fused-ring (bicyclic) bond motifs is 3. The third kappa shape index (κ3) is 13.7. The Kier molecular flexibility index (Phi) is 20.7. The molecule has 1 aliphatic carbocycles. The quantitative estimate of drug-likeness (QED) is 0.191. The standard InChI is InChI=1S/C52H81NO13/c1-31-17-13-12-14-18-32(2)42(62-9)29-39-21-19-37(7)52(61,66-39)48(58)49(59)53-24-16-15-23-51(53,8)50(60)65-43(34(4)27-38-20-22-40(54)44(28-38)63-10)30-41(55)33(3)26-36(6)46(57)47(64-11)45(56)35(5)25-31/h12-14,17-18,26,31,34-40,42-44,46-47,54,57,61H,15-16,19-25,27-30H2,1-11H3/t31-,34-,35-,36?,37-,38+,39?,40-,42+,43+,44-,46-,47+,51+,52-/m1/s1. The molecular weight excluding hydrogens is 847 g/mol. The summed E-state index contributed by atoms with van der Waals surface area (Å²) in [4.78, 5) is 72.5. The average Bonchev–Trinajstić information content (AvgIpc) is 3.28. The average molecular weight is 928 g/mol. The van der Waals surface area contributed by atoms with E-state index in [1.807, 2.05) is 58.1 Å². The molecule has 3 fully saturated rings. The number of nitrogens with zero attached hydrogens (tertiary/aromatic N) is 1. The highest BCUT2D eigenvalue weighted by Gasteiger charge is 2.55. The lowest BCUT2D eigenvalue weighted by molar-refractivity contribution is -0.266. The van der Waals surface area contributed by atoms with Crippen molar-refractivity contribution in [2.24, 2.45) is 35.5 Å². The largest absolute Gasteiger partial charge is 0.460 e. The Hall–Kier alpha value is -3.37. The third-order valence-corrected chi connectivity index (χ3v) is 15.0. The summed E-state index contributed by atoms with van der Waals surface area (Å²) in [6.07, 6.45) is 11.1. The zero-order chi connectivity index (χ0) is 49.1. The summed E-state index contributed by atoms with van der Waals surface area (Å²) in [6.45, 7) is 14.3. The van der Waals surface area contributed by atoms with Gasteiger partial charge < -0.3 is 43.9 Å². The van der Waals surface area contributed by atoms with Crippen molar-refractivity contribution >= 4 is 29.2 Å². The molecule has 2 unspecified atom stereocenters. The van der Waals surface area contributed by atoms with E-state index in [2.05, 4.69) is 0 Å². The smallest absolute Gasteiger partial charge is 0.332 e. The van der Waals surface area contributed by atoms with Crippen LogP contribution < -0.4 is 0 Å². The highest BCUT2D eigenvalue weighted by molar-refractivity contribution is 6.39. The number of amides is 1. The summed E-state index contributed by atoms with van der Waals surface area (Å²) in [5.41, 5.74) is -0.422. The fourth-order valence-corrected chi connectivity index (χ4v) is 10.4. The van der Waals surface area contributed by atoms with E-state index in [4.69, 9.17) is 23.7 Å². The number of ether oxygens (including phenoxy) is 5. The molecule has 2 bridgehead atoms. The van der Waals surface area contributed by atoms with Crippen molar-refractivity contribution in [1.29, 1.82) is 0 Å². The van der Waals surface area contributed by atoms with E-state index < -0.39 is 83.4 Å². The van der Waals surface area contributed by atoms with Crippen molar-refractivity contribution in [3.05, 3.63) is 47.6 Å². The molecule has 0 aromatic heterocycles. The number of hydrogen-bond donors (Lipinski definition) is 3. The van der Waals surface area contributed by atoms with Gasteiger partial charge in [0.15, 0.2) is 11.6 Å². The van der Waals surface area contributed by atoms with Crippen molar-refractivity contribution in [2.75, 3.05) is 27.9 Å². The molecule has 14 nitrogen and oxygen atoms in total. The highest BCUT2D eigenvalue weighted by Crippen LogP contribution is 2.39. The van der Waals surface area contributed by atoms with Crippen molar-refractivity contribution in [3.63, 3.8) is 0 Å².